The van der Waals surface area contributed by atoms with E-state index in [9.17, 15) is 4.79 Å². The van der Waals surface area contributed by atoms with Crippen LogP contribution in [0.4, 0.5) is 0 Å². The number of nitrogens with zero attached hydrogens (tertiary/aromatic N) is 1. The van der Waals surface area contributed by atoms with Crippen LogP contribution in [0, 0.1) is 0 Å². The highest BCUT2D eigenvalue weighted by atomic mass is 16.1. The van der Waals surface area contributed by atoms with Gasteiger partial charge in [0, 0.05) is 18.0 Å². The average molecular weight is 249 g/mol. The molecule has 0 radical (unpaired) electrons. The lowest BCUT2D eigenvalue weighted by Crippen LogP contribution is -2.20. The molecule has 0 bridgehead atoms. The molecule has 0 saturated heterocycles. The molecule has 0 aliphatic rings. The van der Waals surface area contributed by atoms with Crippen molar-refractivity contribution in [3.8, 4) is 11.3 Å². The van der Waals surface area contributed by atoms with Crippen molar-refractivity contribution >= 4 is 10.8 Å². The Morgan fingerprint density at radius 1 is 0.947 bits per heavy atom. The van der Waals surface area contributed by atoms with Gasteiger partial charge in [-0.15, -0.1) is 0 Å². The molecule has 0 unspecified atom stereocenters. The predicted molar refractivity (Wildman–Crippen MR) is 79.3 cm³/mol. The SMILES string of the molecule is CCn1c(-c2ccccc2)c2ccccc2cc1=O. The minimum Gasteiger partial charge on any atom is -0.308 e. The molecule has 3 aromatic rings. The molecule has 0 N–H and O–H groups in total. The normalized spacial score (nSPS) is 10.8. The van der Waals surface area contributed by atoms with Gasteiger partial charge in [0.2, 0.25) is 0 Å². The van der Waals surface area contributed by atoms with Crippen LogP contribution in [0.25, 0.3) is 22.0 Å². The molecule has 0 spiro atoms. The Balaban J connectivity index is 2.47. The molecule has 2 heteroatoms. The van der Waals surface area contributed by atoms with Crippen molar-refractivity contribution in [2.45, 2.75) is 13.5 Å². The summed E-state index contributed by atoms with van der Waals surface area (Å²) in [5.74, 6) is 0. The van der Waals surface area contributed by atoms with Gasteiger partial charge in [-0.3, -0.25) is 4.79 Å². The van der Waals surface area contributed by atoms with Gasteiger partial charge in [0.05, 0.1) is 5.69 Å². The van der Waals surface area contributed by atoms with E-state index in [0.29, 0.717) is 6.54 Å². The summed E-state index contributed by atoms with van der Waals surface area (Å²) in [4.78, 5) is 12.2. The van der Waals surface area contributed by atoms with E-state index in [0.717, 1.165) is 22.0 Å². The Hall–Kier alpha value is -2.35. The zero-order chi connectivity index (χ0) is 13.2. The first kappa shape index (κ1) is 11.7. The van der Waals surface area contributed by atoms with E-state index >= 15 is 0 Å². The molecule has 0 amide bonds. The first-order valence-corrected chi connectivity index (χ1v) is 6.49. The second kappa shape index (κ2) is 4.73. The predicted octanol–water partition coefficient (Wildman–Crippen LogP) is 3.69. The molecule has 0 saturated carbocycles. The van der Waals surface area contributed by atoms with E-state index in [-0.39, 0.29) is 5.56 Å². The summed E-state index contributed by atoms with van der Waals surface area (Å²) in [6.07, 6.45) is 0. The number of aromatic nitrogens is 1. The molecule has 0 aliphatic heterocycles. The lowest BCUT2D eigenvalue weighted by atomic mass is 10.0. The van der Waals surface area contributed by atoms with Gasteiger partial charge in [-0.25, -0.2) is 0 Å². The van der Waals surface area contributed by atoms with Crippen molar-refractivity contribution in [3.63, 3.8) is 0 Å². The molecule has 2 aromatic carbocycles. The Bertz CT molecular complexity index is 772. The maximum absolute atomic E-state index is 12.2. The summed E-state index contributed by atoms with van der Waals surface area (Å²) in [5, 5.41) is 2.12. The molecule has 1 heterocycles. The van der Waals surface area contributed by atoms with Gasteiger partial charge in [-0.1, -0.05) is 54.6 Å². The van der Waals surface area contributed by atoms with Crippen LogP contribution < -0.4 is 5.56 Å². The Kier molecular flexibility index (Phi) is 2.92. The van der Waals surface area contributed by atoms with Crippen LogP contribution in [0.2, 0.25) is 0 Å². The zero-order valence-electron chi connectivity index (χ0n) is 10.8. The third-order valence-electron chi connectivity index (χ3n) is 3.39. The lowest BCUT2D eigenvalue weighted by Gasteiger charge is -2.14. The molecule has 0 fully saturated rings. The van der Waals surface area contributed by atoms with Gasteiger partial charge in [0.1, 0.15) is 0 Å². The largest absolute Gasteiger partial charge is 0.308 e. The van der Waals surface area contributed by atoms with Gasteiger partial charge in [-0.05, 0) is 17.9 Å². The quantitative estimate of drug-likeness (QED) is 0.679. The van der Waals surface area contributed by atoms with E-state index in [2.05, 4.69) is 6.07 Å². The van der Waals surface area contributed by atoms with Crippen LogP contribution in [0.15, 0.2) is 65.5 Å². The van der Waals surface area contributed by atoms with Crippen molar-refractivity contribution in [1.29, 1.82) is 0 Å². The van der Waals surface area contributed by atoms with E-state index in [1.807, 2.05) is 60.0 Å². The van der Waals surface area contributed by atoms with E-state index < -0.39 is 0 Å². The smallest absolute Gasteiger partial charge is 0.251 e. The Labute approximate surface area is 111 Å². The van der Waals surface area contributed by atoms with Crippen molar-refractivity contribution in [3.05, 3.63) is 71.0 Å². The molecular weight excluding hydrogens is 234 g/mol. The first-order chi connectivity index (χ1) is 9.31. The highest BCUT2D eigenvalue weighted by Gasteiger charge is 2.10. The maximum Gasteiger partial charge on any atom is 0.251 e. The molecular formula is C17H15NO. The molecule has 19 heavy (non-hydrogen) atoms. The Morgan fingerprint density at radius 2 is 1.63 bits per heavy atom. The van der Waals surface area contributed by atoms with Crippen LogP contribution in [0.3, 0.4) is 0 Å². The average Bonchev–Trinajstić information content (AvgIpc) is 2.46. The molecule has 3 rings (SSSR count). The van der Waals surface area contributed by atoms with E-state index in [4.69, 9.17) is 0 Å². The topological polar surface area (TPSA) is 22.0 Å². The van der Waals surface area contributed by atoms with Gasteiger partial charge in [0.15, 0.2) is 0 Å². The van der Waals surface area contributed by atoms with Gasteiger partial charge in [0.25, 0.3) is 5.56 Å². The number of hydrogen-bond acceptors (Lipinski definition) is 1. The van der Waals surface area contributed by atoms with Gasteiger partial charge >= 0.3 is 0 Å². The van der Waals surface area contributed by atoms with Crippen LogP contribution in [0.5, 0.6) is 0 Å². The zero-order valence-corrected chi connectivity index (χ0v) is 10.8. The summed E-state index contributed by atoms with van der Waals surface area (Å²) in [5.41, 5.74) is 2.14. The number of rotatable bonds is 2. The summed E-state index contributed by atoms with van der Waals surface area (Å²) in [6, 6.07) is 19.8. The molecule has 2 nitrogen and oxygen atoms in total. The van der Waals surface area contributed by atoms with Crippen molar-refractivity contribution in [2.24, 2.45) is 0 Å². The second-order valence-electron chi connectivity index (χ2n) is 4.53. The van der Waals surface area contributed by atoms with Crippen LogP contribution in [-0.4, -0.2) is 4.57 Å². The van der Waals surface area contributed by atoms with Crippen molar-refractivity contribution in [2.75, 3.05) is 0 Å². The monoisotopic (exact) mass is 249 g/mol. The summed E-state index contributed by atoms with van der Waals surface area (Å²) in [6.45, 7) is 2.68. The standard InChI is InChI=1S/C17H15NO/c1-2-18-16(19)12-14-10-6-7-11-15(14)17(18)13-8-4-3-5-9-13/h3-12H,2H2,1H3. The molecule has 0 atom stereocenters. The molecule has 94 valence electrons. The fourth-order valence-corrected chi connectivity index (χ4v) is 2.53. The van der Waals surface area contributed by atoms with Crippen LogP contribution in [-0.2, 0) is 6.54 Å². The van der Waals surface area contributed by atoms with Crippen LogP contribution >= 0.6 is 0 Å². The second-order valence-corrected chi connectivity index (χ2v) is 4.53. The highest BCUT2D eigenvalue weighted by molar-refractivity contribution is 5.94. The van der Waals surface area contributed by atoms with Crippen LogP contribution in [0.1, 0.15) is 6.92 Å². The summed E-state index contributed by atoms with van der Waals surface area (Å²) < 4.78 is 1.83. The van der Waals surface area contributed by atoms with E-state index in [1.165, 1.54) is 0 Å². The summed E-state index contributed by atoms with van der Waals surface area (Å²) >= 11 is 0. The number of benzene rings is 2. The van der Waals surface area contributed by atoms with Crippen molar-refractivity contribution < 1.29 is 0 Å². The molecule has 1 aromatic heterocycles. The van der Waals surface area contributed by atoms with Gasteiger partial charge in [-0.2, -0.15) is 0 Å². The molecule has 0 aliphatic carbocycles. The number of hydrogen-bond donors (Lipinski definition) is 0. The Morgan fingerprint density at radius 3 is 2.37 bits per heavy atom. The third kappa shape index (κ3) is 1.95. The third-order valence-corrected chi connectivity index (χ3v) is 3.39. The number of fused-ring (bicyclic) bond motifs is 1. The maximum atomic E-state index is 12.2. The van der Waals surface area contributed by atoms with E-state index in [1.54, 1.807) is 6.07 Å². The highest BCUT2D eigenvalue weighted by Crippen LogP contribution is 2.26. The minimum absolute atomic E-state index is 0.0556. The fourth-order valence-electron chi connectivity index (χ4n) is 2.53. The lowest BCUT2D eigenvalue weighted by molar-refractivity contribution is 0.741. The first-order valence-electron chi connectivity index (χ1n) is 6.49. The number of pyridine rings is 1. The van der Waals surface area contributed by atoms with Crippen molar-refractivity contribution in [1.82, 2.24) is 4.57 Å². The minimum atomic E-state index is 0.0556. The fraction of sp³-hybridized carbons (Fsp3) is 0.118. The van der Waals surface area contributed by atoms with Gasteiger partial charge < -0.3 is 4.57 Å². The summed E-state index contributed by atoms with van der Waals surface area (Å²) in [7, 11) is 0.